The molecule has 170 valence electrons. The Hall–Kier alpha value is -2.61. The molecule has 1 saturated heterocycles. The molecule has 0 aliphatic carbocycles. The van der Waals surface area contributed by atoms with Crippen molar-refractivity contribution in [3.63, 3.8) is 0 Å². The number of hydrogen-bond acceptors (Lipinski definition) is 10. The number of ether oxygens (including phenoxy) is 1. The quantitative estimate of drug-likeness (QED) is 0.0961. The van der Waals surface area contributed by atoms with Gasteiger partial charge in [0, 0.05) is 45.7 Å². The summed E-state index contributed by atoms with van der Waals surface area (Å²) in [4.78, 5) is 59.0. The minimum Gasteiger partial charge on any atom is -0.480 e. The summed E-state index contributed by atoms with van der Waals surface area (Å²) in [5.74, 6) is -4.38. The van der Waals surface area contributed by atoms with Crippen molar-refractivity contribution < 1.29 is 44.0 Å². The van der Waals surface area contributed by atoms with Gasteiger partial charge < -0.3 is 30.7 Å². The molecule has 1 aliphatic rings. The average Bonchev–Trinajstić information content (AvgIpc) is 2.64. The van der Waals surface area contributed by atoms with E-state index in [1.807, 2.05) is 0 Å². The van der Waals surface area contributed by atoms with Crippen molar-refractivity contribution in [2.75, 3.05) is 58.9 Å². The second kappa shape index (κ2) is 13.6. The molecule has 5 N–H and O–H groups in total. The van der Waals surface area contributed by atoms with Crippen LogP contribution in [-0.2, 0) is 28.7 Å². The van der Waals surface area contributed by atoms with Gasteiger partial charge in [-0.15, -0.1) is 0 Å². The third-order valence-electron chi connectivity index (χ3n) is 4.34. The fourth-order valence-corrected chi connectivity index (χ4v) is 2.94. The molecular weight excluding hydrogens is 404 g/mol. The average molecular weight is 432 g/mol. The number of carboxylic acids is 3. The summed E-state index contributed by atoms with van der Waals surface area (Å²) in [5, 5.41) is 31.8. The van der Waals surface area contributed by atoms with Crippen LogP contribution in [-0.4, -0.2) is 120 Å². The van der Waals surface area contributed by atoms with E-state index in [1.54, 1.807) is 9.80 Å². The molecule has 0 amide bonds. The summed E-state index contributed by atoms with van der Waals surface area (Å²) in [6, 6.07) is -0.689. The molecule has 1 unspecified atom stereocenters. The van der Waals surface area contributed by atoms with E-state index in [2.05, 4.69) is 10.6 Å². The van der Waals surface area contributed by atoms with Crippen LogP contribution in [0.2, 0.25) is 0 Å². The minimum atomic E-state index is -1.05. The first-order chi connectivity index (χ1) is 14.2. The molecule has 0 aromatic heterocycles. The lowest BCUT2D eigenvalue weighted by Crippen LogP contribution is -2.51. The van der Waals surface area contributed by atoms with Gasteiger partial charge >= 0.3 is 29.8 Å². The Morgan fingerprint density at radius 2 is 1.50 bits per heavy atom. The molecule has 1 atom stereocenters. The van der Waals surface area contributed by atoms with Crippen LogP contribution >= 0.6 is 0 Å². The van der Waals surface area contributed by atoms with E-state index in [-0.39, 0.29) is 65.2 Å². The highest BCUT2D eigenvalue weighted by Crippen LogP contribution is 2.15. The molecule has 13 heteroatoms. The van der Waals surface area contributed by atoms with Crippen LogP contribution in [0.15, 0.2) is 0 Å². The monoisotopic (exact) mass is 432 g/mol. The molecule has 0 aromatic carbocycles. The summed E-state index contributed by atoms with van der Waals surface area (Å²) in [7, 11) is 0. The Balaban J connectivity index is 2.66. The smallest absolute Gasteiger partial charge is 0.331 e. The zero-order chi connectivity index (χ0) is 22.5. The Bertz CT molecular complexity index is 628. The number of rotatable bonds is 16. The fraction of sp³-hybridized carbons (Fsp3) is 0.706. The lowest BCUT2D eigenvalue weighted by molar-refractivity contribution is -0.168. The molecule has 13 nitrogen and oxygen atoms in total. The van der Waals surface area contributed by atoms with Crippen molar-refractivity contribution in [3.8, 4) is 0 Å². The molecule has 0 aromatic rings. The van der Waals surface area contributed by atoms with E-state index >= 15 is 0 Å². The standard InChI is InChI=1S/C17H28N4O9/c22-13(23)9-18-3-5-20(11-15(26)27)7-8-21(6-4-19-10-14(24)25)12-1-2-16(28)30-17(12)29/h12,18-19H,1-11H2,(H,22,23)(H,24,25)(H,26,27). The van der Waals surface area contributed by atoms with E-state index < -0.39 is 35.9 Å². The molecule has 1 aliphatic heterocycles. The first-order valence-electron chi connectivity index (χ1n) is 9.46. The number of nitrogens with one attached hydrogen (secondary N) is 2. The fourth-order valence-electron chi connectivity index (χ4n) is 2.94. The second-order valence-corrected chi connectivity index (χ2v) is 6.69. The number of cyclic esters (lactones) is 2. The van der Waals surface area contributed by atoms with Gasteiger partial charge in [0.2, 0.25) is 0 Å². The molecule has 1 rings (SSSR count). The van der Waals surface area contributed by atoms with Crippen LogP contribution in [0, 0.1) is 0 Å². The Labute approximate surface area is 172 Å². The second-order valence-electron chi connectivity index (χ2n) is 6.69. The van der Waals surface area contributed by atoms with Crippen molar-refractivity contribution in [3.05, 3.63) is 0 Å². The van der Waals surface area contributed by atoms with E-state index in [9.17, 15) is 24.0 Å². The van der Waals surface area contributed by atoms with Crippen molar-refractivity contribution in [1.29, 1.82) is 0 Å². The van der Waals surface area contributed by atoms with Gasteiger partial charge in [0.15, 0.2) is 0 Å². The highest BCUT2D eigenvalue weighted by molar-refractivity contribution is 5.91. The molecule has 0 radical (unpaired) electrons. The minimum absolute atomic E-state index is 0.0768. The first kappa shape index (κ1) is 25.4. The lowest BCUT2D eigenvalue weighted by Gasteiger charge is -2.33. The highest BCUT2D eigenvalue weighted by atomic mass is 16.6. The van der Waals surface area contributed by atoms with Gasteiger partial charge in [-0.3, -0.25) is 29.0 Å². The van der Waals surface area contributed by atoms with Gasteiger partial charge in [-0.2, -0.15) is 0 Å². The molecule has 0 saturated carbocycles. The van der Waals surface area contributed by atoms with Crippen LogP contribution in [0.4, 0.5) is 0 Å². The topological polar surface area (TPSA) is 186 Å². The molecule has 0 bridgehead atoms. The first-order valence-corrected chi connectivity index (χ1v) is 9.46. The predicted octanol–water partition coefficient (Wildman–Crippen LogP) is -2.74. The van der Waals surface area contributed by atoms with Gasteiger partial charge in [-0.25, -0.2) is 4.79 Å². The van der Waals surface area contributed by atoms with E-state index in [1.165, 1.54) is 0 Å². The summed E-state index contributed by atoms with van der Waals surface area (Å²) >= 11 is 0. The van der Waals surface area contributed by atoms with Crippen molar-refractivity contribution >= 4 is 29.8 Å². The maximum Gasteiger partial charge on any atom is 0.331 e. The largest absolute Gasteiger partial charge is 0.480 e. The zero-order valence-electron chi connectivity index (χ0n) is 16.5. The van der Waals surface area contributed by atoms with Crippen LogP contribution in [0.1, 0.15) is 12.8 Å². The molecule has 1 heterocycles. The maximum absolute atomic E-state index is 12.1. The van der Waals surface area contributed by atoms with Crippen LogP contribution in [0.5, 0.6) is 0 Å². The third-order valence-corrected chi connectivity index (χ3v) is 4.34. The SMILES string of the molecule is O=C(O)CNCCN(CCN(CCNCC(=O)O)C1CCC(=O)OC1=O)CC(=O)O. The summed E-state index contributed by atoms with van der Waals surface area (Å²) < 4.78 is 4.69. The molecule has 1 fully saturated rings. The van der Waals surface area contributed by atoms with E-state index in [4.69, 9.17) is 20.1 Å². The van der Waals surface area contributed by atoms with Gasteiger partial charge in [-0.1, -0.05) is 0 Å². The normalized spacial score (nSPS) is 16.7. The summed E-state index contributed by atoms with van der Waals surface area (Å²) in [5.41, 5.74) is 0. The number of esters is 2. The van der Waals surface area contributed by atoms with Crippen LogP contribution < -0.4 is 10.6 Å². The number of nitrogens with zero attached hydrogens (tertiary/aromatic N) is 2. The van der Waals surface area contributed by atoms with Gasteiger partial charge in [0.25, 0.3) is 0 Å². The lowest BCUT2D eigenvalue weighted by atomic mass is 10.1. The van der Waals surface area contributed by atoms with E-state index in [0.29, 0.717) is 6.54 Å². The van der Waals surface area contributed by atoms with Gasteiger partial charge in [0.05, 0.1) is 19.6 Å². The number of hydrogen-bond donors (Lipinski definition) is 5. The molecule has 30 heavy (non-hydrogen) atoms. The van der Waals surface area contributed by atoms with Crippen molar-refractivity contribution in [2.24, 2.45) is 0 Å². The van der Waals surface area contributed by atoms with Crippen molar-refractivity contribution in [1.82, 2.24) is 20.4 Å². The Morgan fingerprint density at radius 1 is 0.900 bits per heavy atom. The Morgan fingerprint density at radius 3 is 2.03 bits per heavy atom. The zero-order valence-corrected chi connectivity index (χ0v) is 16.5. The van der Waals surface area contributed by atoms with E-state index in [0.717, 1.165) is 0 Å². The van der Waals surface area contributed by atoms with Crippen molar-refractivity contribution in [2.45, 2.75) is 18.9 Å². The highest BCUT2D eigenvalue weighted by Gasteiger charge is 2.33. The predicted molar refractivity (Wildman–Crippen MR) is 101 cm³/mol. The third kappa shape index (κ3) is 10.8. The van der Waals surface area contributed by atoms with Gasteiger partial charge in [-0.05, 0) is 6.42 Å². The number of carbonyl (C=O) groups excluding carboxylic acids is 2. The summed E-state index contributed by atoms with van der Waals surface area (Å²) in [6.45, 7) is 0.868. The number of aliphatic carboxylic acids is 3. The maximum atomic E-state index is 12.1. The van der Waals surface area contributed by atoms with Gasteiger partial charge in [0.1, 0.15) is 6.04 Å². The van der Waals surface area contributed by atoms with Crippen LogP contribution in [0.3, 0.4) is 0 Å². The Kier molecular flexibility index (Phi) is 11.5. The number of carbonyl (C=O) groups is 5. The summed E-state index contributed by atoms with van der Waals surface area (Å²) in [6.07, 6.45) is 0.336. The molecule has 0 spiro atoms. The number of carboxylic acid groups (broad SMARTS) is 3. The van der Waals surface area contributed by atoms with Crippen LogP contribution in [0.25, 0.3) is 0 Å². The molecular formula is C17H28N4O9.